The van der Waals surface area contributed by atoms with Crippen LogP contribution in [0, 0.1) is 0 Å². The summed E-state index contributed by atoms with van der Waals surface area (Å²) in [6, 6.07) is 15.6. The van der Waals surface area contributed by atoms with E-state index in [-0.39, 0.29) is 6.61 Å². The van der Waals surface area contributed by atoms with Crippen molar-refractivity contribution in [3.63, 3.8) is 0 Å². The van der Waals surface area contributed by atoms with Gasteiger partial charge in [0.05, 0.1) is 6.61 Å². The minimum Gasteiger partial charge on any atom is -0.323 e. The largest absolute Gasteiger partial charge is 0.345 e. The second-order valence-electron chi connectivity index (χ2n) is 4.47. The van der Waals surface area contributed by atoms with Crippen molar-refractivity contribution >= 4 is 11.6 Å². The first kappa shape index (κ1) is 14.9. The van der Waals surface area contributed by atoms with Crippen molar-refractivity contribution in [2.45, 2.75) is 19.5 Å². The first-order valence-electron chi connectivity index (χ1n) is 6.36. The van der Waals surface area contributed by atoms with E-state index in [2.05, 4.69) is 4.74 Å². The number of halogens is 3. The topological polar surface area (TPSA) is 9.23 Å². The molecule has 0 radical (unpaired) electrons. The third-order valence-electron chi connectivity index (χ3n) is 3.01. The second kappa shape index (κ2) is 7.36. The molecule has 2 rings (SSSR count). The lowest BCUT2D eigenvalue weighted by Crippen LogP contribution is -2.03. The number of rotatable bonds is 6. The van der Waals surface area contributed by atoms with Crippen molar-refractivity contribution < 1.29 is 13.5 Å². The van der Waals surface area contributed by atoms with Gasteiger partial charge in [-0.05, 0) is 35.6 Å². The quantitative estimate of drug-likeness (QED) is 0.750. The molecule has 0 bridgehead atoms. The molecule has 0 unspecified atom stereocenters. The summed E-state index contributed by atoms with van der Waals surface area (Å²) in [5, 5.41) is 0.752. The maximum absolute atomic E-state index is 11.8. The molecule has 0 saturated heterocycles. The molecular formula is C16H15ClF2O. The molecule has 20 heavy (non-hydrogen) atoms. The number of benzene rings is 2. The van der Waals surface area contributed by atoms with Crippen molar-refractivity contribution in [2.24, 2.45) is 0 Å². The predicted molar refractivity (Wildman–Crippen MR) is 76.4 cm³/mol. The molecule has 2 aromatic carbocycles. The maximum Gasteiger partial charge on any atom is 0.345 e. The second-order valence-corrected chi connectivity index (χ2v) is 4.87. The Kier molecular flexibility index (Phi) is 5.50. The third-order valence-corrected chi connectivity index (χ3v) is 3.38. The van der Waals surface area contributed by atoms with Gasteiger partial charge >= 0.3 is 6.61 Å². The smallest absolute Gasteiger partial charge is 0.323 e. The fourth-order valence-electron chi connectivity index (χ4n) is 1.95. The van der Waals surface area contributed by atoms with Gasteiger partial charge in [-0.1, -0.05) is 54.1 Å². The average Bonchev–Trinajstić information content (AvgIpc) is 2.43. The minimum absolute atomic E-state index is 0.0293. The fourth-order valence-corrected chi connectivity index (χ4v) is 2.15. The number of hydrogen-bond donors (Lipinski definition) is 0. The summed E-state index contributed by atoms with van der Waals surface area (Å²) >= 11 is 6.12. The zero-order valence-electron chi connectivity index (χ0n) is 10.9. The van der Waals surface area contributed by atoms with E-state index in [1.165, 1.54) is 0 Å². The molecule has 0 aliphatic carbocycles. The molecule has 4 heteroatoms. The molecule has 0 amide bonds. The summed E-state index contributed by atoms with van der Waals surface area (Å²) in [6.07, 6.45) is 1.24. The standard InChI is InChI=1S/C16H15ClF2O/c17-15-4-2-1-3-14(15)11-13-7-5-12(6-8-13)9-10-20-16(18)19/h1-8,16H,9-11H2. The van der Waals surface area contributed by atoms with Crippen LogP contribution in [0.4, 0.5) is 8.78 Å². The summed E-state index contributed by atoms with van der Waals surface area (Å²) < 4.78 is 27.9. The number of ether oxygens (including phenoxy) is 1. The molecule has 0 N–H and O–H groups in total. The highest BCUT2D eigenvalue weighted by Crippen LogP contribution is 2.19. The SMILES string of the molecule is FC(F)OCCc1ccc(Cc2ccccc2Cl)cc1. The Bertz CT molecular complexity index is 540. The van der Waals surface area contributed by atoms with E-state index in [1.54, 1.807) is 0 Å². The summed E-state index contributed by atoms with van der Waals surface area (Å²) in [7, 11) is 0. The molecule has 1 nitrogen and oxygen atoms in total. The minimum atomic E-state index is -2.70. The Morgan fingerprint density at radius 1 is 0.950 bits per heavy atom. The predicted octanol–water partition coefficient (Wildman–Crippen LogP) is 4.71. The van der Waals surface area contributed by atoms with Crippen LogP contribution in [0.1, 0.15) is 16.7 Å². The lowest BCUT2D eigenvalue weighted by Gasteiger charge is -2.06. The molecule has 0 saturated carbocycles. The molecule has 0 aliphatic rings. The van der Waals surface area contributed by atoms with Crippen molar-refractivity contribution in [3.8, 4) is 0 Å². The molecular weight excluding hydrogens is 282 g/mol. The van der Waals surface area contributed by atoms with Gasteiger partial charge in [-0.25, -0.2) is 0 Å². The highest BCUT2D eigenvalue weighted by molar-refractivity contribution is 6.31. The van der Waals surface area contributed by atoms with E-state index >= 15 is 0 Å². The van der Waals surface area contributed by atoms with E-state index in [1.807, 2.05) is 48.5 Å². The summed E-state index contributed by atoms with van der Waals surface area (Å²) in [4.78, 5) is 0. The van der Waals surface area contributed by atoms with Gasteiger partial charge in [0.25, 0.3) is 0 Å². The number of alkyl halides is 2. The van der Waals surface area contributed by atoms with Gasteiger partial charge in [-0.15, -0.1) is 0 Å². The van der Waals surface area contributed by atoms with Crippen molar-refractivity contribution in [1.82, 2.24) is 0 Å². The molecule has 0 aromatic heterocycles. The zero-order chi connectivity index (χ0) is 14.4. The van der Waals surface area contributed by atoms with E-state index in [4.69, 9.17) is 11.6 Å². The van der Waals surface area contributed by atoms with Crippen LogP contribution >= 0.6 is 11.6 Å². The van der Waals surface area contributed by atoms with E-state index in [9.17, 15) is 8.78 Å². The molecule has 0 fully saturated rings. The maximum atomic E-state index is 11.8. The van der Waals surface area contributed by atoms with Crippen molar-refractivity contribution in [2.75, 3.05) is 6.61 Å². The monoisotopic (exact) mass is 296 g/mol. The summed E-state index contributed by atoms with van der Waals surface area (Å²) in [5.41, 5.74) is 3.19. The Morgan fingerprint density at radius 2 is 1.60 bits per heavy atom. The molecule has 0 spiro atoms. The first-order valence-corrected chi connectivity index (χ1v) is 6.74. The Morgan fingerprint density at radius 3 is 2.25 bits per heavy atom. The van der Waals surface area contributed by atoms with Crippen molar-refractivity contribution in [3.05, 3.63) is 70.2 Å². The molecule has 106 valence electrons. The van der Waals surface area contributed by atoms with Crippen LogP contribution in [0.3, 0.4) is 0 Å². The van der Waals surface area contributed by atoms with Gasteiger partial charge in [0.15, 0.2) is 0 Å². The van der Waals surface area contributed by atoms with Crippen LogP contribution in [0.5, 0.6) is 0 Å². The van der Waals surface area contributed by atoms with Crippen LogP contribution in [0.2, 0.25) is 5.02 Å². The molecule has 0 aliphatic heterocycles. The Labute approximate surface area is 122 Å². The highest BCUT2D eigenvalue weighted by Gasteiger charge is 2.03. The normalized spacial score (nSPS) is 11.0. The van der Waals surface area contributed by atoms with Gasteiger partial charge < -0.3 is 4.74 Å². The Hall–Kier alpha value is -1.45. The average molecular weight is 297 g/mol. The van der Waals surface area contributed by atoms with Gasteiger partial charge in [0.2, 0.25) is 0 Å². The van der Waals surface area contributed by atoms with Gasteiger partial charge in [0, 0.05) is 5.02 Å². The van der Waals surface area contributed by atoms with Crippen LogP contribution in [-0.2, 0) is 17.6 Å². The molecule has 2 aromatic rings. The summed E-state index contributed by atoms with van der Waals surface area (Å²) in [6.45, 7) is -2.67. The van der Waals surface area contributed by atoms with Gasteiger partial charge in [0.1, 0.15) is 0 Å². The van der Waals surface area contributed by atoms with Crippen LogP contribution < -0.4 is 0 Å². The fraction of sp³-hybridized carbons (Fsp3) is 0.250. The van der Waals surface area contributed by atoms with Gasteiger partial charge in [-0.2, -0.15) is 8.78 Å². The highest BCUT2D eigenvalue weighted by atomic mass is 35.5. The van der Waals surface area contributed by atoms with Crippen molar-refractivity contribution in [1.29, 1.82) is 0 Å². The van der Waals surface area contributed by atoms with Crippen LogP contribution in [-0.4, -0.2) is 13.2 Å². The molecule has 0 atom stereocenters. The lowest BCUT2D eigenvalue weighted by molar-refractivity contribution is -0.127. The Balaban J connectivity index is 1.93. The molecule has 0 heterocycles. The first-order chi connectivity index (χ1) is 9.65. The van der Waals surface area contributed by atoms with E-state index < -0.39 is 6.61 Å². The third kappa shape index (κ3) is 4.58. The van der Waals surface area contributed by atoms with E-state index in [0.29, 0.717) is 6.42 Å². The lowest BCUT2D eigenvalue weighted by atomic mass is 10.0. The van der Waals surface area contributed by atoms with Crippen LogP contribution in [0.15, 0.2) is 48.5 Å². The van der Waals surface area contributed by atoms with Gasteiger partial charge in [-0.3, -0.25) is 0 Å². The van der Waals surface area contributed by atoms with Crippen LogP contribution in [0.25, 0.3) is 0 Å². The zero-order valence-corrected chi connectivity index (χ0v) is 11.6. The number of hydrogen-bond acceptors (Lipinski definition) is 1. The summed E-state index contributed by atoms with van der Waals surface area (Å²) in [5.74, 6) is 0. The van der Waals surface area contributed by atoms with E-state index in [0.717, 1.165) is 28.1 Å².